The molecule has 18 heavy (non-hydrogen) atoms. The van der Waals surface area contributed by atoms with Gasteiger partial charge in [0, 0.05) is 16.5 Å². The predicted octanol–water partition coefficient (Wildman–Crippen LogP) is 4.01. The van der Waals surface area contributed by atoms with Crippen LogP contribution in [0.25, 0.3) is 0 Å². The van der Waals surface area contributed by atoms with E-state index in [4.69, 9.17) is 4.74 Å². The molecule has 3 rings (SSSR count). The van der Waals surface area contributed by atoms with Crippen LogP contribution in [0.5, 0.6) is 5.75 Å². The Balaban J connectivity index is 1.96. The van der Waals surface area contributed by atoms with Crippen LogP contribution < -0.4 is 4.74 Å². The highest BCUT2D eigenvalue weighted by Gasteiger charge is 2.27. The average Bonchev–Trinajstić information content (AvgIpc) is 2.39. The fourth-order valence-corrected chi connectivity index (χ4v) is 2.63. The quantitative estimate of drug-likeness (QED) is 0.862. The van der Waals surface area contributed by atoms with Crippen LogP contribution in [0.1, 0.15) is 29.8 Å². The number of halogens is 1. The Bertz CT molecular complexity index is 554. The number of fused-ring (bicyclic) bond motifs is 1. The first-order chi connectivity index (χ1) is 8.74. The molecule has 2 unspecified atom stereocenters. The van der Waals surface area contributed by atoms with Crippen molar-refractivity contribution in [2.75, 3.05) is 0 Å². The topological polar surface area (TPSA) is 29.5 Å². The zero-order valence-electron chi connectivity index (χ0n) is 9.71. The summed E-state index contributed by atoms with van der Waals surface area (Å²) >= 11 is 3.42. The summed E-state index contributed by atoms with van der Waals surface area (Å²) in [7, 11) is 0. The standard InChI is InChI=1S/C15H13BrO2/c16-11-6-7-12-13(17)9-14(18-15(12)8-11)10-4-2-1-3-5-10/h1-8,13-14,17H,9H2. The van der Waals surface area contributed by atoms with Gasteiger partial charge in [-0.05, 0) is 17.7 Å². The average molecular weight is 305 g/mol. The summed E-state index contributed by atoms with van der Waals surface area (Å²) in [6.07, 6.45) is 0.0496. The molecular weight excluding hydrogens is 292 g/mol. The monoisotopic (exact) mass is 304 g/mol. The van der Waals surface area contributed by atoms with Crippen LogP contribution in [-0.2, 0) is 0 Å². The summed E-state index contributed by atoms with van der Waals surface area (Å²) in [6, 6.07) is 15.8. The zero-order chi connectivity index (χ0) is 12.5. The van der Waals surface area contributed by atoms with Gasteiger partial charge in [-0.3, -0.25) is 0 Å². The molecule has 1 N–H and O–H groups in total. The van der Waals surface area contributed by atoms with Gasteiger partial charge in [0.25, 0.3) is 0 Å². The van der Waals surface area contributed by atoms with E-state index in [1.54, 1.807) is 0 Å². The normalized spacial score (nSPS) is 22.1. The van der Waals surface area contributed by atoms with Gasteiger partial charge in [0.15, 0.2) is 0 Å². The lowest BCUT2D eigenvalue weighted by Crippen LogP contribution is -2.18. The van der Waals surface area contributed by atoms with Crippen LogP contribution in [0.3, 0.4) is 0 Å². The molecule has 2 atom stereocenters. The van der Waals surface area contributed by atoms with Crippen LogP contribution >= 0.6 is 15.9 Å². The van der Waals surface area contributed by atoms with Crippen molar-refractivity contribution in [2.24, 2.45) is 0 Å². The lowest BCUT2D eigenvalue weighted by molar-refractivity contribution is 0.0657. The van der Waals surface area contributed by atoms with E-state index in [0.29, 0.717) is 6.42 Å². The first-order valence-electron chi connectivity index (χ1n) is 5.93. The Morgan fingerprint density at radius 2 is 1.89 bits per heavy atom. The molecule has 0 bridgehead atoms. The molecule has 0 spiro atoms. The minimum atomic E-state index is -0.466. The summed E-state index contributed by atoms with van der Waals surface area (Å²) in [5.74, 6) is 0.761. The third-order valence-electron chi connectivity index (χ3n) is 3.21. The fraction of sp³-hybridized carbons (Fsp3) is 0.200. The van der Waals surface area contributed by atoms with Gasteiger partial charge in [0.2, 0.25) is 0 Å². The van der Waals surface area contributed by atoms with E-state index in [2.05, 4.69) is 15.9 Å². The first kappa shape index (κ1) is 11.8. The molecular formula is C15H13BrO2. The largest absolute Gasteiger partial charge is 0.485 e. The Kier molecular flexibility index (Phi) is 3.10. The molecule has 2 aromatic carbocycles. The van der Waals surface area contributed by atoms with Gasteiger partial charge in [-0.1, -0.05) is 52.3 Å². The van der Waals surface area contributed by atoms with Crippen molar-refractivity contribution in [2.45, 2.75) is 18.6 Å². The lowest BCUT2D eigenvalue weighted by atomic mass is 9.95. The molecule has 1 aliphatic heterocycles. The Morgan fingerprint density at radius 1 is 1.11 bits per heavy atom. The summed E-state index contributed by atoms with van der Waals surface area (Å²) < 4.78 is 6.94. The number of aliphatic hydroxyl groups excluding tert-OH is 1. The molecule has 0 radical (unpaired) electrons. The Labute approximate surface area is 114 Å². The van der Waals surface area contributed by atoms with Gasteiger partial charge in [-0.25, -0.2) is 0 Å². The summed E-state index contributed by atoms with van der Waals surface area (Å²) in [6.45, 7) is 0. The number of hydrogen-bond acceptors (Lipinski definition) is 2. The van der Waals surface area contributed by atoms with E-state index in [-0.39, 0.29) is 6.10 Å². The van der Waals surface area contributed by atoms with E-state index in [1.807, 2.05) is 48.5 Å². The van der Waals surface area contributed by atoms with Gasteiger partial charge in [-0.2, -0.15) is 0 Å². The molecule has 0 amide bonds. The number of benzene rings is 2. The second-order valence-electron chi connectivity index (χ2n) is 4.45. The zero-order valence-corrected chi connectivity index (χ0v) is 11.3. The van der Waals surface area contributed by atoms with Gasteiger partial charge in [-0.15, -0.1) is 0 Å². The molecule has 0 aliphatic carbocycles. The first-order valence-corrected chi connectivity index (χ1v) is 6.72. The number of rotatable bonds is 1. The van der Waals surface area contributed by atoms with Crippen LogP contribution in [0.15, 0.2) is 53.0 Å². The van der Waals surface area contributed by atoms with Gasteiger partial charge in [0.05, 0.1) is 6.10 Å². The summed E-state index contributed by atoms with van der Waals surface area (Å²) in [5.41, 5.74) is 1.97. The highest BCUT2D eigenvalue weighted by molar-refractivity contribution is 9.10. The third-order valence-corrected chi connectivity index (χ3v) is 3.71. The molecule has 2 nitrogen and oxygen atoms in total. The minimum Gasteiger partial charge on any atom is -0.485 e. The predicted molar refractivity (Wildman–Crippen MR) is 73.5 cm³/mol. The molecule has 3 heteroatoms. The minimum absolute atomic E-state index is 0.0806. The van der Waals surface area contributed by atoms with Crippen LogP contribution in [0.2, 0.25) is 0 Å². The van der Waals surface area contributed by atoms with E-state index >= 15 is 0 Å². The maximum Gasteiger partial charge on any atom is 0.127 e. The van der Waals surface area contributed by atoms with Gasteiger partial charge >= 0.3 is 0 Å². The van der Waals surface area contributed by atoms with Crippen LogP contribution in [0.4, 0.5) is 0 Å². The van der Waals surface area contributed by atoms with E-state index in [0.717, 1.165) is 21.3 Å². The molecule has 2 aromatic rings. The van der Waals surface area contributed by atoms with Crippen molar-refractivity contribution in [3.63, 3.8) is 0 Å². The summed E-state index contributed by atoms with van der Waals surface area (Å²) in [4.78, 5) is 0. The molecule has 1 heterocycles. The van der Waals surface area contributed by atoms with Crippen molar-refractivity contribution in [1.29, 1.82) is 0 Å². The van der Waals surface area contributed by atoms with Gasteiger partial charge in [0.1, 0.15) is 11.9 Å². The fourth-order valence-electron chi connectivity index (χ4n) is 2.29. The number of hydrogen-bond donors (Lipinski definition) is 1. The second kappa shape index (κ2) is 4.75. The van der Waals surface area contributed by atoms with Gasteiger partial charge < -0.3 is 9.84 Å². The molecule has 92 valence electrons. The number of ether oxygens (including phenoxy) is 1. The SMILES string of the molecule is OC1CC(c2ccccc2)Oc2cc(Br)ccc21. The maximum atomic E-state index is 10.2. The van der Waals surface area contributed by atoms with Crippen molar-refractivity contribution in [3.05, 3.63) is 64.1 Å². The van der Waals surface area contributed by atoms with Crippen LogP contribution in [-0.4, -0.2) is 5.11 Å². The lowest BCUT2D eigenvalue weighted by Gasteiger charge is -2.30. The molecule has 0 saturated carbocycles. The molecule has 0 aromatic heterocycles. The third kappa shape index (κ3) is 2.16. The van der Waals surface area contributed by atoms with E-state index in [1.165, 1.54) is 0 Å². The Morgan fingerprint density at radius 3 is 2.67 bits per heavy atom. The molecule has 0 fully saturated rings. The Hall–Kier alpha value is -1.32. The van der Waals surface area contributed by atoms with Crippen molar-refractivity contribution >= 4 is 15.9 Å². The molecule has 1 aliphatic rings. The highest BCUT2D eigenvalue weighted by Crippen LogP contribution is 2.41. The van der Waals surface area contributed by atoms with E-state index in [9.17, 15) is 5.11 Å². The van der Waals surface area contributed by atoms with Crippen molar-refractivity contribution in [3.8, 4) is 5.75 Å². The smallest absolute Gasteiger partial charge is 0.127 e. The summed E-state index contributed by atoms with van der Waals surface area (Å²) in [5, 5.41) is 10.2. The second-order valence-corrected chi connectivity index (χ2v) is 5.37. The van der Waals surface area contributed by atoms with Crippen molar-refractivity contribution < 1.29 is 9.84 Å². The van der Waals surface area contributed by atoms with E-state index < -0.39 is 6.10 Å². The maximum absolute atomic E-state index is 10.2. The highest BCUT2D eigenvalue weighted by atomic mass is 79.9. The number of aliphatic hydroxyl groups is 1. The molecule has 0 saturated heterocycles. The van der Waals surface area contributed by atoms with Crippen molar-refractivity contribution in [1.82, 2.24) is 0 Å². The van der Waals surface area contributed by atoms with Crippen LogP contribution in [0, 0.1) is 0 Å².